The van der Waals surface area contributed by atoms with Gasteiger partial charge in [0.2, 0.25) is 11.4 Å². The lowest BCUT2D eigenvalue weighted by molar-refractivity contribution is -0.660. The van der Waals surface area contributed by atoms with Crippen molar-refractivity contribution < 1.29 is 13.1 Å². The minimum Gasteiger partial charge on any atom is -0.437 e. The van der Waals surface area contributed by atoms with Crippen molar-refractivity contribution >= 4 is 32.8 Å². The number of furan rings is 1. The van der Waals surface area contributed by atoms with Gasteiger partial charge in [-0.05, 0) is 60.3 Å². The topological polar surface area (TPSA) is 29.9 Å². The molecule has 3 aromatic carbocycles. The molecule has 0 saturated carbocycles. The van der Waals surface area contributed by atoms with E-state index in [4.69, 9.17) is 8.53 Å². The fourth-order valence-corrected chi connectivity index (χ4v) is 4.89. The van der Waals surface area contributed by atoms with Crippen molar-refractivity contribution in [2.75, 3.05) is 0 Å². The smallest absolute Gasteiger partial charge is 0.227 e. The molecule has 0 saturated heterocycles. The Bertz CT molecular complexity index is 1800. The van der Waals surface area contributed by atoms with Gasteiger partial charge in [0.15, 0.2) is 11.8 Å². The van der Waals surface area contributed by atoms with Gasteiger partial charge >= 0.3 is 0 Å². The maximum absolute atomic E-state index is 8.22. The number of fused-ring (bicyclic) bond motifs is 5. The lowest BCUT2D eigenvalue weighted by Gasteiger charge is -2.13. The molecule has 6 aromatic rings. The summed E-state index contributed by atoms with van der Waals surface area (Å²) < 4.78 is 33.0. The summed E-state index contributed by atoms with van der Waals surface area (Å²) in [5.74, 6) is 0. The largest absolute Gasteiger partial charge is 0.437 e. The number of aromatic nitrogens is 2. The second-order valence-corrected chi connectivity index (χ2v) is 8.67. The standard InChI is InChI=1S/C30H25N2O/c1-18-11-13-21(14-12-18)25-16-26(32(4)17-19(25)2)27-20(3)22-8-5-6-9-23(22)28-24-10-7-15-31-30(24)33-29(27)28/h5-17H,1-4H3/q+1/i2D3. The van der Waals surface area contributed by atoms with E-state index in [9.17, 15) is 0 Å². The molecule has 0 amide bonds. The maximum atomic E-state index is 8.22. The van der Waals surface area contributed by atoms with E-state index in [1.54, 1.807) is 12.4 Å². The molecule has 0 unspecified atom stereocenters. The lowest BCUT2D eigenvalue weighted by atomic mass is 9.91. The van der Waals surface area contributed by atoms with Gasteiger partial charge in [0.25, 0.3) is 0 Å². The number of aryl methyl sites for hydroxylation is 4. The van der Waals surface area contributed by atoms with Crippen LogP contribution in [0.1, 0.15) is 20.8 Å². The van der Waals surface area contributed by atoms with Gasteiger partial charge in [-0.1, -0.05) is 54.1 Å². The summed E-state index contributed by atoms with van der Waals surface area (Å²) in [7, 11) is 1.89. The minimum absolute atomic E-state index is 0.318. The molecule has 6 rings (SSSR count). The first-order valence-corrected chi connectivity index (χ1v) is 11.0. The van der Waals surface area contributed by atoms with Crippen LogP contribution in [-0.4, -0.2) is 4.98 Å². The van der Waals surface area contributed by atoms with E-state index in [1.165, 1.54) is 0 Å². The normalized spacial score (nSPS) is 13.4. The molecule has 33 heavy (non-hydrogen) atoms. The summed E-state index contributed by atoms with van der Waals surface area (Å²) >= 11 is 0. The van der Waals surface area contributed by atoms with Crippen molar-refractivity contribution in [2.45, 2.75) is 20.7 Å². The molecule has 3 heterocycles. The van der Waals surface area contributed by atoms with E-state index in [-0.39, 0.29) is 0 Å². The molecule has 0 bridgehead atoms. The highest BCUT2D eigenvalue weighted by Crippen LogP contribution is 2.42. The Balaban J connectivity index is 1.76. The van der Waals surface area contributed by atoms with Crippen molar-refractivity contribution in [2.24, 2.45) is 7.05 Å². The Morgan fingerprint density at radius 1 is 0.909 bits per heavy atom. The lowest BCUT2D eigenvalue weighted by Crippen LogP contribution is -2.31. The van der Waals surface area contributed by atoms with Crippen molar-refractivity contribution in [3.63, 3.8) is 0 Å². The van der Waals surface area contributed by atoms with Crippen LogP contribution in [0.3, 0.4) is 0 Å². The summed E-state index contributed by atoms with van der Waals surface area (Å²) in [6.07, 6.45) is 3.47. The van der Waals surface area contributed by atoms with Gasteiger partial charge in [-0.15, -0.1) is 0 Å². The fraction of sp³-hybridized carbons (Fsp3) is 0.133. The molecule has 0 N–H and O–H groups in total. The molecule has 3 aromatic heterocycles. The molecule has 3 nitrogen and oxygen atoms in total. The predicted molar refractivity (Wildman–Crippen MR) is 135 cm³/mol. The fourth-order valence-electron chi connectivity index (χ4n) is 4.89. The number of nitrogens with zero attached hydrogens (tertiary/aromatic N) is 2. The first-order chi connectivity index (χ1) is 17.2. The molecule has 0 fully saturated rings. The van der Waals surface area contributed by atoms with E-state index in [0.717, 1.165) is 55.1 Å². The minimum atomic E-state index is -2.26. The van der Waals surface area contributed by atoms with Gasteiger partial charge < -0.3 is 4.42 Å². The maximum Gasteiger partial charge on any atom is 0.227 e. The van der Waals surface area contributed by atoms with Gasteiger partial charge in [-0.25, -0.2) is 9.55 Å². The highest BCUT2D eigenvalue weighted by molar-refractivity contribution is 6.22. The summed E-state index contributed by atoms with van der Waals surface area (Å²) in [4.78, 5) is 4.48. The Kier molecular flexibility index (Phi) is 3.67. The molecular formula is C30H25N2O+. The third-order valence-electron chi connectivity index (χ3n) is 6.56. The van der Waals surface area contributed by atoms with Crippen LogP contribution in [0, 0.1) is 20.7 Å². The summed E-state index contributed by atoms with van der Waals surface area (Å²) in [5.41, 5.74) is 7.24. The van der Waals surface area contributed by atoms with Crippen LogP contribution in [0.5, 0.6) is 0 Å². The molecule has 0 radical (unpaired) electrons. The second kappa shape index (κ2) is 7.28. The summed E-state index contributed by atoms with van der Waals surface area (Å²) in [5, 5.41) is 4.22. The molecule has 0 aliphatic rings. The SMILES string of the molecule is [2H]C([2H])([2H])c1c[n+](C)c(-c2c(C)c3ccccc3c3c2oc2ncccc23)cc1-c1ccc(C)cc1. The molecule has 0 aliphatic heterocycles. The van der Waals surface area contributed by atoms with E-state index in [0.29, 0.717) is 16.8 Å². The quantitative estimate of drug-likeness (QED) is 0.270. The Labute approximate surface area is 197 Å². The van der Waals surface area contributed by atoms with Crippen LogP contribution in [-0.2, 0) is 7.05 Å². The zero-order valence-corrected chi connectivity index (χ0v) is 18.8. The van der Waals surface area contributed by atoms with Gasteiger partial charge in [-0.3, -0.25) is 0 Å². The van der Waals surface area contributed by atoms with Crippen molar-refractivity contribution in [3.05, 3.63) is 95.8 Å². The van der Waals surface area contributed by atoms with Crippen LogP contribution in [0.15, 0.2) is 83.5 Å². The Morgan fingerprint density at radius 3 is 2.45 bits per heavy atom. The highest BCUT2D eigenvalue weighted by atomic mass is 16.3. The van der Waals surface area contributed by atoms with Gasteiger partial charge in [0, 0.05) is 32.7 Å². The third kappa shape index (κ3) is 2.96. The highest BCUT2D eigenvalue weighted by Gasteiger charge is 2.25. The van der Waals surface area contributed by atoms with Crippen LogP contribution in [0.4, 0.5) is 0 Å². The number of hydrogen-bond acceptors (Lipinski definition) is 2. The average molecular weight is 433 g/mol. The number of hydrogen-bond donors (Lipinski definition) is 0. The molecule has 3 heteroatoms. The summed E-state index contributed by atoms with van der Waals surface area (Å²) in [6.45, 7) is 1.87. The Morgan fingerprint density at radius 2 is 1.67 bits per heavy atom. The first kappa shape index (κ1) is 16.6. The molecule has 160 valence electrons. The van der Waals surface area contributed by atoms with Crippen molar-refractivity contribution in [1.82, 2.24) is 4.98 Å². The zero-order chi connectivity index (χ0) is 25.2. The van der Waals surface area contributed by atoms with Crippen LogP contribution < -0.4 is 4.57 Å². The molecule has 0 atom stereocenters. The zero-order valence-electron chi connectivity index (χ0n) is 21.8. The van der Waals surface area contributed by atoms with Gasteiger partial charge in [0.05, 0.1) is 5.56 Å². The number of rotatable bonds is 2. The van der Waals surface area contributed by atoms with Crippen LogP contribution in [0.2, 0.25) is 0 Å². The van der Waals surface area contributed by atoms with E-state index < -0.39 is 6.85 Å². The monoisotopic (exact) mass is 432 g/mol. The van der Waals surface area contributed by atoms with Gasteiger partial charge in [-0.2, -0.15) is 0 Å². The van der Waals surface area contributed by atoms with Crippen LogP contribution >= 0.6 is 0 Å². The second-order valence-electron chi connectivity index (χ2n) is 8.67. The van der Waals surface area contributed by atoms with Crippen molar-refractivity contribution in [3.8, 4) is 22.4 Å². The Hall–Kier alpha value is -3.98. The van der Waals surface area contributed by atoms with E-state index >= 15 is 0 Å². The molecule has 0 aliphatic carbocycles. The predicted octanol–water partition coefficient (Wildman–Crippen LogP) is 7.22. The molecule has 0 spiro atoms. The van der Waals surface area contributed by atoms with E-state index in [1.807, 2.05) is 73.1 Å². The van der Waals surface area contributed by atoms with Crippen LogP contribution in [0.25, 0.3) is 55.2 Å². The van der Waals surface area contributed by atoms with Gasteiger partial charge in [0.1, 0.15) is 7.05 Å². The first-order valence-electron chi connectivity index (χ1n) is 12.5. The average Bonchev–Trinajstić information content (AvgIpc) is 3.24. The summed E-state index contributed by atoms with van der Waals surface area (Å²) in [6, 6.07) is 22.3. The van der Waals surface area contributed by atoms with E-state index in [2.05, 4.69) is 24.0 Å². The number of benzene rings is 3. The number of pyridine rings is 2. The molecular weight excluding hydrogens is 404 g/mol. The third-order valence-corrected chi connectivity index (χ3v) is 6.56. The van der Waals surface area contributed by atoms with Crippen molar-refractivity contribution in [1.29, 1.82) is 0 Å².